The van der Waals surface area contributed by atoms with Crippen molar-refractivity contribution in [2.75, 3.05) is 17.7 Å². The van der Waals surface area contributed by atoms with Gasteiger partial charge in [-0.05, 0) is 19.1 Å². The largest absolute Gasteiger partial charge is 0.493 e. The average Bonchev–Trinajstić information content (AvgIpc) is 3.07. The van der Waals surface area contributed by atoms with Crippen molar-refractivity contribution in [2.24, 2.45) is 5.92 Å². The summed E-state index contributed by atoms with van der Waals surface area (Å²) in [6, 6.07) is 4.03. The van der Waals surface area contributed by atoms with E-state index in [4.69, 9.17) is 9.47 Å². The second-order valence-corrected chi connectivity index (χ2v) is 7.98. The molecule has 2 amide bonds. The van der Waals surface area contributed by atoms with E-state index in [9.17, 15) is 36.3 Å². The maximum Gasteiger partial charge on any atom is 0.417 e. The van der Waals surface area contributed by atoms with E-state index in [-0.39, 0.29) is 29.2 Å². The molecule has 2 heterocycles. The van der Waals surface area contributed by atoms with Crippen LogP contribution < -0.4 is 15.4 Å². The number of hydrogen-bond acceptors (Lipinski definition) is 6. The SMILES string of the molecule is COc1c(C2C(C)[C@](C)(C(F)(F)F)O[C@H]2C(=O)Nc2cc(C=O)nc(NC=O)c2)ccc(F)c1F. The smallest absolute Gasteiger partial charge is 0.417 e. The molecule has 8 nitrogen and oxygen atoms in total. The topological polar surface area (TPSA) is 107 Å². The third-order valence-electron chi connectivity index (χ3n) is 6.01. The molecule has 1 aliphatic heterocycles. The number of amides is 2. The highest BCUT2D eigenvalue weighted by Crippen LogP contribution is 2.55. The molecule has 1 aromatic carbocycles. The van der Waals surface area contributed by atoms with Gasteiger partial charge >= 0.3 is 6.18 Å². The van der Waals surface area contributed by atoms with Crippen molar-refractivity contribution in [3.05, 3.63) is 47.2 Å². The van der Waals surface area contributed by atoms with E-state index < -0.39 is 53.0 Å². The summed E-state index contributed by atoms with van der Waals surface area (Å²) in [5.74, 6) is -7.39. The number of nitrogens with one attached hydrogen (secondary N) is 2. The molecule has 2 N–H and O–H groups in total. The number of anilines is 2. The molecule has 1 saturated heterocycles. The van der Waals surface area contributed by atoms with Crippen molar-refractivity contribution in [1.82, 2.24) is 4.98 Å². The number of nitrogens with zero attached hydrogens (tertiary/aromatic N) is 1. The summed E-state index contributed by atoms with van der Waals surface area (Å²) in [6.45, 7) is 1.93. The number of benzene rings is 1. The van der Waals surface area contributed by atoms with Crippen molar-refractivity contribution in [1.29, 1.82) is 0 Å². The van der Waals surface area contributed by atoms with E-state index >= 15 is 0 Å². The van der Waals surface area contributed by atoms with Crippen molar-refractivity contribution >= 4 is 30.1 Å². The van der Waals surface area contributed by atoms with Gasteiger partial charge in [0.1, 0.15) is 17.6 Å². The predicted octanol–water partition coefficient (Wildman–Crippen LogP) is 3.83. The number of pyridine rings is 1. The molecule has 0 aliphatic carbocycles. The lowest BCUT2D eigenvalue weighted by Gasteiger charge is -2.32. The van der Waals surface area contributed by atoms with Crippen molar-refractivity contribution in [2.45, 2.75) is 37.6 Å². The number of hydrogen-bond donors (Lipinski definition) is 2. The Labute approximate surface area is 195 Å². The molecule has 2 aromatic rings. The maximum absolute atomic E-state index is 14.4. The van der Waals surface area contributed by atoms with Crippen LogP contribution in [0.4, 0.5) is 33.5 Å². The first-order chi connectivity index (χ1) is 16.4. The first-order valence-corrected chi connectivity index (χ1v) is 10.1. The fourth-order valence-electron chi connectivity index (χ4n) is 4.07. The molecule has 35 heavy (non-hydrogen) atoms. The standard InChI is InChI=1S/C22H20F5N3O5/c1-10-16(13-4-5-14(23)17(24)18(13)34-3)19(35-21(10,2)22(25,26)27)20(33)30-11-6-12(8-31)29-15(7-11)28-9-32/h4-10,16,19H,1-3H3,(H2,28,29,30,32,33)/t10?,16?,19-,21-/m1/s1. The first kappa shape index (κ1) is 26.0. The molecule has 3 rings (SSSR count). The summed E-state index contributed by atoms with van der Waals surface area (Å²) in [6.07, 6.45) is -6.15. The maximum atomic E-state index is 14.4. The molecule has 0 radical (unpaired) electrons. The minimum absolute atomic E-state index is 0.0793. The van der Waals surface area contributed by atoms with Crippen LogP contribution in [-0.2, 0) is 14.3 Å². The van der Waals surface area contributed by atoms with Crippen LogP contribution in [-0.4, -0.2) is 48.6 Å². The molecular formula is C22H20F5N3O5. The van der Waals surface area contributed by atoms with Gasteiger partial charge < -0.3 is 20.1 Å². The van der Waals surface area contributed by atoms with Crippen LogP contribution >= 0.6 is 0 Å². The minimum Gasteiger partial charge on any atom is -0.493 e. The fraction of sp³-hybridized carbons (Fsp3) is 0.364. The number of methoxy groups -OCH3 is 1. The number of carbonyl (C=O) groups is 3. The highest BCUT2D eigenvalue weighted by atomic mass is 19.4. The van der Waals surface area contributed by atoms with Crippen LogP contribution in [0.2, 0.25) is 0 Å². The molecule has 0 bridgehead atoms. The number of alkyl halides is 3. The normalized spacial score (nSPS) is 24.1. The molecule has 0 saturated carbocycles. The third kappa shape index (κ3) is 4.67. The Bertz CT molecular complexity index is 1160. The zero-order valence-electron chi connectivity index (χ0n) is 18.6. The monoisotopic (exact) mass is 501 g/mol. The van der Waals surface area contributed by atoms with Gasteiger partial charge in [-0.25, -0.2) is 9.37 Å². The number of aldehydes is 1. The predicted molar refractivity (Wildman–Crippen MR) is 112 cm³/mol. The Balaban J connectivity index is 2.09. The zero-order valence-corrected chi connectivity index (χ0v) is 18.6. The lowest BCUT2D eigenvalue weighted by atomic mass is 9.77. The van der Waals surface area contributed by atoms with Crippen LogP contribution in [0.25, 0.3) is 0 Å². The Hall–Kier alpha value is -3.61. The van der Waals surface area contributed by atoms with Gasteiger partial charge in [-0.1, -0.05) is 13.0 Å². The Morgan fingerprint density at radius 2 is 1.91 bits per heavy atom. The van der Waals surface area contributed by atoms with Gasteiger partial charge in [-0.3, -0.25) is 14.4 Å². The van der Waals surface area contributed by atoms with Crippen molar-refractivity contribution in [3.8, 4) is 5.75 Å². The van der Waals surface area contributed by atoms with Gasteiger partial charge in [0.25, 0.3) is 5.91 Å². The third-order valence-corrected chi connectivity index (χ3v) is 6.01. The van der Waals surface area contributed by atoms with Crippen LogP contribution in [0, 0.1) is 17.6 Å². The average molecular weight is 501 g/mol. The van der Waals surface area contributed by atoms with E-state index in [0.717, 1.165) is 32.2 Å². The van der Waals surface area contributed by atoms with Crippen LogP contribution in [0.1, 0.15) is 35.8 Å². The lowest BCUT2D eigenvalue weighted by Crippen LogP contribution is -2.47. The summed E-state index contributed by atoms with van der Waals surface area (Å²) < 4.78 is 80.4. The van der Waals surface area contributed by atoms with Crippen LogP contribution in [0.15, 0.2) is 24.3 Å². The van der Waals surface area contributed by atoms with Gasteiger partial charge in [-0.2, -0.15) is 17.6 Å². The molecule has 2 unspecified atom stereocenters. The first-order valence-electron chi connectivity index (χ1n) is 10.1. The van der Waals surface area contributed by atoms with Crippen LogP contribution in [0.3, 0.4) is 0 Å². The van der Waals surface area contributed by atoms with Gasteiger partial charge in [0.15, 0.2) is 23.5 Å². The Morgan fingerprint density at radius 1 is 1.23 bits per heavy atom. The summed E-state index contributed by atoms with van der Waals surface area (Å²) in [5, 5.41) is 4.53. The number of carbonyl (C=O) groups excluding carboxylic acids is 3. The van der Waals surface area contributed by atoms with Crippen molar-refractivity contribution < 1.29 is 45.8 Å². The van der Waals surface area contributed by atoms with Gasteiger partial charge in [0.2, 0.25) is 12.2 Å². The van der Waals surface area contributed by atoms with E-state index in [1.54, 1.807) is 0 Å². The summed E-state index contributed by atoms with van der Waals surface area (Å²) in [5.41, 5.74) is -3.29. The molecule has 4 atom stereocenters. The Kier molecular flexibility index (Phi) is 7.11. The van der Waals surface area contributed by atoms with Crippen LogP contribution in [0.5, 0.6) is 5.75 Å². The number of rotatable bonds is 7. The second kappa shape index (κ2) is 9.56. The molecule has 13 heteroatoms. The summed E-state index contributed by atoms with van der Waals surface area (Å²) in [7, 11) is 1.01. The highest BCUT2D eigenvalue weighted by molar-refractivity contribution is 5.96. The quantitative estimate of drug-likeness (QED) is 0.441. The molecule has 1 aliphatic rings. The molecular weight excluding hydrogens is 481 g/mol. The number of halogens is 5. The molecule has 188 valence electrons. The summed E-state index contributed by atoms with van der Waals surface area (Å²) >= 11 is 0. The Morgan fingerprint density at radius 3 is 2.49 bits per heavy atom. The van der Waals surface area contributed by atoms with E-state index in [0.29, 0.717) is 12.4 Å². The lowest BCUT2D eigenvalue weighted by molar-refractivity contribution is -0.272. The minimum atomic E-state index is -4.92. The van der Waals surface area contributed by atoms with Gasteiger partial charge in [-0.15, -0.1) is 0 Å². The van der Waals surface area contributed by atoms with Gasteiger partial charge in [0, 0.05) is 29.2 Å². The number of ether oxygens (including phenoxy) is 2. The molecule has 1 aromatic heterocycles. The second-order valence-electron chi connectivity index (χ2n) is 7.98. The number of aromatic nitrogens is 1. The molecule has 0 spiro atoms. The highest BCUT2D eigenvalue weighted by Gasteiger charge is 2.65. The zero-order chi connectivity index (χ0) is 26.1. The van der Waals surface area contributed by atoms with E-state index in [2.05, 4.69) is 15.6 Å². The van der Waals surface area contributed by atoms with E-state index in [1.165, 1.54) is 6.92 Å². The van der Waals surface area contributed by atoms with E-state index in [1.807, 2.05) is 0 Å². The summed E-state index contributed by atoms with van der Waals surface area (Å²) in [4.78, 5) is 38.8. The van der Waals surface area contributed by atoms with Gasteiger partial charge in [0.05, 0.1) is 7.11 Å². The van der Waals surface area contributed by atoms with Crippen molar-refractivity contribution in [3.63, 3.8) is 0 Å². The fourth-order valence-corrected chi connectivity index (χ4v) is 4.07. The molecule has 1 fully saturated rings.